The van der Waals surface area contributed by atoms with Gasteiger partial charge in [0.2, 0.25) is 5.69 Å². The molecular formula is C19H29F3IN2O2S+. The molecule has 4 nitrogen and oxygen atoms in total. The van der Waals surface area contributed by atoms with E-state index in [9.17, 15) is 21.6 Å². The van der Waals surface area contributed by atoms with Crippen molar-refractivity contribution in [3.05, 3.63) is 18.2 Å². The number of rotatable bonds is 9. The first kappa shape index (κ1) is 25.4. The molecule has 0 saturated carbocycles. The predicted molar refractivity (Wildman–Crippen MR) is 102 cm³/mol. The maximum absolute atomic E-state index is 12.9. The van der Waals surface area contributed by atoms with Crippen molar-refractivity contribution in [3.63, 3.8) is 0 Å². The van der Waals surface area contributed by atoms with Crippen LogP contribution >= 0.6 is 0 Å². The second-order valence-electron chi connectivity index (χ2n) is 7.26. The third kappa shape index (κ3) is 5.27. The van der Waals surface area contributed by atoms with E-state index in [1.54, 1.807) is 0 Å². The molecule has 1 aliphatic heterocycles. The first-order chi connectivity index (χ1) is 12.6. The maximum Gasteiger partial charge on any atom is 0.501 e. The van der Waals surface area contributed by atoms with E-state index in [4.69, 9.17) is 0 Å². The molecule has 0 bridgehead atoms. The topological polar surface area (TPSA) is 37.1 Å². The fourth-order valence-electron chi connectivity index (χ4n) is 3.54. The lowest BCUT2D eigenvalue weighted by molar-refractivity contribution is -0.429. The molecule has 0 amide bonds. The number of unbranched alkanes of at least 4 members (excludes halogenated alkanes) is 5. The van der Waals surface area contributed by atoms with Crippen LogP contribution in [0.3, 0.4) is 0 Å². The van der Waals surface area contributed by atoms with E-state index in [0.717, 1.165) is 37.6 Å². The number of fused-ring (bicyclic) bond motifs is 1. The normalized spacial score (nSPS) is 19.1. The van der Waals surface area contributed by atoms with E-state index >= 15 is 0 Å². The molecule has 9 heteroatoms. The Morgan fingerprint density at radius 3 is 2.21 bits per heavy atom. The summed E-state index contributed by atoms with van der Waals surface area (Å²) in [5, 5.41) is 0. The molecule has 160 valence electrons. The van der Waals surface area contributed by atoms with Gasteiger partial charge in [-0.2, -0.15) is 13.2 Å². The van der Waals surface area contributed by atoms with Crippen molar-refractivity contribution in [3.8, 4) is 0 Å². The summed E-state index contributed by atoms with van der Waals surface area (Å²) in [6.07, 6.45) is 8.69. The zero-order chi connectivity index (χ0) is 20.3. The Morgan fingerprint density at radius 2 is 1.64 bits per heavy atom. The summed E-state index contributed by atoms with van der Waals surface area (Å²) >= 11 is 0. The number of benzene rings is 1. The lowest BCUT2D eigenvalue weighted by atomic mass is 10.1. The molecule has 1 unspecified atom stereocenters. The predicted octanol–water partition coefficient (Wildman–Crippen LogP) is 1.99. The van der Waals surface area contributed by atoms with Crippen LogP contribution in [-0.2, 0) is 9.84 Å². The highest BCUT2D eigenvalue weighted by atomic mass is 127. The third-order valence-electron chi connectivity index (χ3n) is 5.13. The molecular weight excluding hydrogens is 504 g/mol. The van der Waals surface area contributed by atoms with Crippen LogP contribution in [0.5, 0.6) is 0 Å². The van der Waals surface area contributed by atoms with Gasteiger partial charge in [0.25, 0.3) is 15.5 Å². The van der Waals surface area contributed by atoms with Crippen molar-refractivity contribution in [1.29, 1.82) is 0 Å². The lowest BCUT2D eigenvalue weighted by Gasteiger charge is -2.22. The number of hydrogen-bond donors (Lipinski definition) is 0. The molecule has 0 aliphatic carbocycles. The first-order valence-electron chi connectivity index (χ1n) is 9.50. The highest BCUT2D eigenvalue weighted by Crippen LogP contribution is 2.40. The molecule has 1 aromatic rings. The molecule has 0 spiro atoms. The second kappa shape index (κ2) is 9.88. The molecule has 1 aromatic carbocycles. The van der Waals surface area contributed by atoms with Crippen LogP contribution in [0.2, 0.25) is 0 Å². The van der Waals surface area contributed by atoms with Gasteiger partial charge in [0.1, 0.15) is 0 Å². The van der Waals surface area contributed by atoms with Crippen molar-refractivity contribution in [2.45, 2.75) is 62.8 Å². The van der Waals surface area contributed by atoms with Gasteiger partial charge in [-0.1, -0.05) is 32.6 Å². The fraction of sp³-hybridized carbons (Fsp3) is 0.632. The molecule has 1 aliphatic rings. The van der Waals surface area contributed by atoms with Crippen molar-refractivity contribution in [2.24, 2.45) is 0 Å². The second-order valence-corrected chi connectivity index (χ2v) is 9.20. The molecule has 0 N–H and O–H groups in total. The largest absolute Gasteiger partial charge is 1.00 e. The Bertz CT molecular complexity index is 810. The molecule has 0 saturated heterocycles. The van der Waals surface area contributed by atoms with Crippen LogP contribution in [0, 0.1) is 0 Å². The minimum atomic E-state index is -5.35. The molecule has 0 aromatic heterocycles. The van der Waals surface area contributed by atoms with Crippen LogP contribution in [0.1, 0.15) is 52.4 Å². The maximum atomic E-state index is 12.9. The van der Waals surface area contributed by atoms with Gasteiger partial charge in [-0.25, -0.2) is 12.9 Å². The number of halogens is 4. The number of quaternary nitrogens is 1. The Morgan fingerprint density at radius 1 is 1.04 bits per heavy atom. The summed E-state index contributed by atoms with van der Waals surface area (Å²) in [5.74, 6) is 0. The van der Waals surface area contributed by atoms with E-state index in [1.807, 2.05) is 24.9 Å². The number of sulfone groups is 1. The van der Waals surface area contributed by atoms with Crippen molar-refractivity contribution in [1.82, 2.24) is 4.48 Å². The Hall–Kier alpha value is -0.680. The zero-order valence-electron chi connectivity index (χ0n) is 16.6. The van der Waals surface area contributed by atoms with Crippen molar-refractivity contribution in [2.75, 3.05) is 20.1 Å². The molecule has 1 heterocycles. The van der Waals surface area contributed by atoms with Crippen LogP contribution in [0.25, 0.3) is 0 Å². The molecule has 0 fully saturated rings. The van der Waals surface area contributed by atoms with Gasteiger partial charge in [-0.15, -0.1) is 4.58 Å². The van der Waals surface area contributed by atoms with Gasteiger partial charge in [-0.3, -0.25) is 0 Å². The average molecular weight is 533 g/mol. The Labute approximate surface area is 183 Å². The standard InChI is InChI=1S/C19H29F3N2O2S.HI/c1-4-6-7-8-9-10-13-24(3)15-23(5-2)17-12-11-16(14-18(17)24)27(25,26)19(20,21)22;/h11-12,14-15H,4-10,13H2,1-3H3;1H/q+2;/p-1. The Balaban J connectivity index is 0.00000392. The number of nitrogens with zero attached hydrogens (tertiary/aromatic N) is 2. The van der Waals surface area contributed by atoms with E-state index in [0.29, 0.717) is 16.7 Å². The van der Waals surface area contributed by atoms with Crippen molar-refractivity contribution >= 4 is 27.6 Å². The lowest BCUT2D eigenvalue weighted by Crippen LogP contribution is -3.00. The van der Waals surface area contributed by atoms with Gasteiger partial charge < -0.3 is 24.0 Å². The quantitative estimate of drug-likeness (QED) is 0.211. The summed E-state index contributed by atoms with van der Waals surface area (Å²) in [5.41, 5.74) is -3.92. The van der Waals surface area contributed by atoms with Gasteiger partial charge in [0.05, 0.1) is 18.5 Å². The molecule has 28 heavy (non-hydrogen) atoms. The fourth-order valence-corrected chi connectivity index (χ4v) is 4.32. The minimum Gasteiger partial charge on any atom is -1.00 e. The van der Waals surface area contributed by atoms with E-state index < -0.39 is 20.2 Å². The van der Waals surface area contributed by atoms with E-state index in [2.05, 4.69) is 6.92 Å². The monoisotopic (exact) mass is 533 g/mol. The third-order valence-corrected chi connectivity index (χ3v) is 6.62. The zero-order valence-corrected chi connectivity index (χ0v) is 19.6. The highest BCUT2D eigenvalue weighted by molar-refractivity contribution is 7.92. The smallest absolute Gasteiger partial charge is 0.501 e. The van der Waals surface area contributed by atoms with Gasteiger partial charge in [0, 0.05) is 12.1 Å². The van der Waals surface area contributed by atoms with Gasteiger partial charge >= 0.3 is 11.8 Å². The highest BCUT2D eigenvalue weighted by Gasteiger charge is 2.49. The number of hydrogen-bond acceptors (Lipinski definition) is 2. The molecule has 2 rings (SSSR count). The van der Waals surface area contributed by atoms with Gasteiger partial charge in [-0.05, 0) is 25.8 Å². The van der Waals surface area contributed by atoms with E-state index in [-0.39, 0.29) is 24.0 Å². The summed E-state index contributed by atoms with van der Waals surface area (Å²) < 4.78 is 64.8. The van der Waals surface area contributed by atoms with Gasteiger partial charge in [0.15, 0.2) is 6.54 Å². The minimum absolute atomic E-state index is 0. The molecule has 0 radical (unpaired) electrons. The van der Waals surface area contributed by atoms with Crippen LogP contribution in [0.4, 0.5) is 24.5 Å². The summed E-state index contributed by atoms with van der Waals surface area (Å²) in [6, 6.07) is 3.73. The SMILES string of the molecule is CCCCCCCC[N+]1(C)C=[N+](CC)c2ccc(S(=O)(=O)C(F)(F)F)cc21.[I-]. The van der Waals surface area contributed by atoms with Crippen molar-refractivity contribution < 1.29 is 50.1 Å². The van der Waals surface area contributed by atoms with Crippen LogP contribution in [0.15, 0.2) is 23.1 Å². The Kier molecular flexibility index (Phi) is 8.95. The molecule has 1 atom stereocenters. The summed E-state index contributed by atoms with van der Waals surface area (Å²) in [4.78, 5) is -0.688. The average Bonchev–Trinajstić information content (AvgIpc) is 2.89. The first-order valence-corrected chi connectivity index (χ1v) is 11.0. The van der Waals surface area contributed by atoms with E-state index in [1.165, 1.54) is 31.4 Å². The van der Waals surface area contributed by atoms with Crippen LogP contribution in [-0.4, -0.2) is 45.0 Å². The number of alkyl halides is 3. The summed E-state index contributed by atoms with van der Waals surface area (Å²) in [7, 11) is -3.43. The summed E-state index contributed by atoms with van der Waals surface area (Å²) in [6.45, 7) is 5.52. The van der Waals surface area contributed by atoms with Crippen LogP contribution < -0.4 is 28.5 Å².